The predicted molar refractivity (Wildman–Crippen MR) is 146 cm³/mol. The molecule has 248 valence electrons. The van der Waals surface area contributed by atoms with Gasteiger partial charge in [0.15, 0.2) is 47.4 Å². The molecule has 2 bridgehead atoms. The molecule has 4 aromatic rings. The Labute approximate surface area is 253 Å². The molecule has 3 aliphatic rings. The number of aromatic amines is 1. The molecule has 25 heteroatoms. The topological polar surface area (TPSA) is 289 Å². The number of hydrogen-bond donors (Lipinski definition) is 5. The number of nitrogens with one attached hydrogen (secondary N) is 1. The Bertz CT molecular complexity index is 1960. The van der Waals surface area contributed by atoms with Gasteiger partial charge in [-0.1, -0.05) is 0 Å². The van der Waals surface area contributed by atoms with Crippen LogP contribution in [0.15, 0.2) is 23.8 Å². The molecule has 10 atom stereocenters. The number of halogens is 2. The fraction of sp³-hybridized carbons (Fsp3) is 0.524. The number of phosphoric ester groups is 1. The maximum Gasteiger partial charge on any atom is 0.472 e. The van der Waals surface area contributed by atoms with Gasteiger partial charge < -0.3 is 40.0 Å². The van der Waals surface area contributed by atoms with Gasteiger partial charge in [0.05, 0.1) is 25.9 Å². The number of alkyl halides is 2. The van der Waals surface area contributed by atoms with Crippen LogP contribution in [0.5, 0.6) is 0 Å². The first-order valence-corrected chi connectivity index (χ1v) is 16.6. The van der Waals surface area contributed by atoms with E-state index in [-0.39, 0.29) is 34.1 Å². The molecule has 7 heterocycles. The summed E-state index contributed by atoms with van der Waals surface area (Å²) >= 11 is 0. The Kier molecular flexibility index (Phi) is 7.67. The minimum atomic E-state index is -5.21. The second kappa shape index (κ2) is 11.3. The minimum Gasteiger partial charge on any atom is -0.382 e. The van der Waals surface area contributed by atoms with Crippen LogP contribution in [-0.4, -0.2) is 105 Å². The minimum absolute atomic E-state index is 0.00425. The Hall–Kier alpha value is -3.50. The number of rotatable bonds is 2. The summed E-state index contributed by atoms with van der Waals surface area (Å²) in [6, 6.07) is 0. The molecule has 3 aliphatic heterocycles. The summed E-state index contributed by atoms with van der Waals surface area (Å²) in [6.07, 6.45) is -12.0. The summed E-state index contributed by atoms with van der Waals surface area (Å²) in [4.78, 5) is 55.4. The first-order valence-electron chi connectivity index (χ1n) is 13.3. The lowest BCUT2D eigenvalue weighted by atomic mass is 10.1. The van der Waals surface area contributed by atoms with E-state index in [9.17, 15) is 23.7 Å². The highest BCUT2D eigenvalue weighted by atomic mass is 31.2. The van der Waals surface area contributed by atoms with Gasteiger partial charge in [-0.15, -0.1) is 0 Å². The highest BCUT2D eigenvalue weighted by molar-refractivity contribution is 7.52. The summed E-state index contributed by atoms with van der Waals surface area (Å²) in [5.74, 6) is -0.318. The molecule has 7 rings (SSSR count). The summed E-state index contributed by atoms with van der Waals surface area (Å²) in [5, 5.41) is 0. The van der Waals surface area contributed by atoms with E-state index >= 15 is 8.78 Å². The molecule has 3 saturated heterocycles. The van der Waals surface area contributed by atoms with E-state index in [0.29, 0.717) is 0 Å². The largest absolute Gasteiger partial charge is 0.472 e. The van der Waals surface area contributed by atoms with Gasteiger partial charge in [-0.05, 0) is 0 Å². The number of ether oxygens (including phenoxy) is 3. The average molecular weight is 692 g/mol. The van der Waals surface area contributed by atoms with Crippen molar-refractivity contribution in [3.05, 3.63) is 29.3 Å². The van der Waals surface area contributed by atoms with Gasteiger partial charge in [0.1, 0.15) is 42.6 Å². The predicted octanol–water partition coefficient (Wildman–Crippen LogP) is -0.345. The van der Waals surface area contributed by atoms with Crippen LogP contribution in [0.2, 0.25) is 0 Å². The molecule has 7 N–H and O–H groups in total. The number of H-pyrrole nitrogens is 1. The average Bonchev–Trinajstić information content (AvgIpc) is 3.75. The first kappa shape index (κ1) is 31.1. The van der Waals surface area contributed by atoms with Crippen LogP contribution in [0.4, 0.5) is 20.5 Å². The number of anilines is 2. The van der Waals surface area contributed by atoms with Crippen molar-refractivity contribution < 1.29 is 55.5 Å². The molecule has 0 aromatic carbocycles. The first-order chi connectivity index (χ1) is 21.8. The number of aromatic nitrogens is 8. The van der Waals surface area contributed by atoms with Gasteiger partial charge in [0.2, 0.25) is 5.95 Å². The number of nitrogen functional groups attached to an aromatic ring is 2. The molecular weight excluding hydrogens is 668 g/mol. The van der Waals surface area contributed by atoms with Crippen LogP contribution >= 0.6 is 15.4 Å². The number of fused-ring (bicyclic) bond motifs is 5. The third kappa shape index (κ3) is 5.47. The van der Waals surface area contributed by atoms with Crippen molar-refractivity contribution in [2.24, 2.45) is 0 Å². The van der Waals surface area contributed by atoms with Gasteiger partial charge in [-0.3, -0.25) is 32.5 Å². The quantitative estimate of drug-likeness (QED) is 0.168. The van der Waals surface area contributed by atoms with Crippen molar-refractivity contribution in [2.45, 2.75) is 49.2 Å². The number of imidazole rings is 2. The third-order valence-corrected chi connectivity index (χ3v) is 9.46. The fourth-order valence-corrected chi connectivity index (χ4v) is 7.10. The molecular formula is C21H24F2N10O11P2. The van der Waals surface area contributed by atoms with E-state index in [2.05, 4.69) is 29.9 Å². The van der Waals surface area contributed by atoms with Crippen molar-refractivity contribution >= 4 is 49.5 Å². The highest BCUT2D eigenvalue weighted by Crippen LogP contribution is 2.52. The van der Waals surface area contributed by atoms with Crippen molar-refractivity contribution in [1.82, 2.24) is 39.0 Å². The van der Waals surface area contributed by atoms with E-state index < -0.39 is 89.8 Å². The van der Waals surface area contributed by atoms with Crippen LogP contribution in [-0.2, 0) is 36.9 Å². The van der Waals surface area contributed by atoms with Gasteiger partial charge in [0.25, 0.3) is 5.56 Å². The van der Waals surface area contributed by atoms with Crippen molar-refractivity contribution in [3.63, 3.8) is 0 Å². The second-order valence-corrected chi connectivity index (χ2v) is 13.6. The summed E-state index contributed by atoms with van der Waals surface area (Å²) in [5.41, 5.74) is 10.5. The standard InChI is InChI=1S/C21H24F2N10O11P2/c22-9-7-1-40-45(35,36)6-39-13-8(43-19(10(13)23)32-4-28-11-15(24)26-3-27-16(11)32)2-41-46(37,38)44-14(9)20(42-7)33-5-29-12-17(33)30-21(25)31-18(12)34/h3-5,7-10,13-14,19-20H,1-2,6H2,(H,35,36)(H,37,38)(H2,24,26,27)(H3,25,30,31,34)/t7-,8-,9?,10+,13?,14+,19-,20-/m1/s1. The lowest BCUT2D eigenvalue weighted by Gasteiger charge is -2.25. The van der Waals surface area contributed by atoms with Crippen molar-refractivity contribution in [2.75, 3.05) is 31.0 Å². The number of phosphoric acid groups is 1. The normalized spacial score (nSPS) is 37.4. The SMILES string of the molecule is Nc1nc2c(ncn2[C@@H]2O[C@@H]3COP(=O)(O)COC4[C@@H](COP(=O)(O)O[C@H]2C3F)O[C@@H](n2cnc3c(N)ncnc32)[C@H]4F)c(=O)[nH]1. The van der Waals surface area contributed by atoms with Crippen LogP contribution in [0.1, 0.15) is 12.5 Å². The van der Waals surface area contributed by atoms with Gasteiger partial charge in [-0.25, -0.2) is 33.3 Å². The Morgan fingerprint density at radius 1 is 0.891 bits per heavy atom. The zero-order chi connectivity index (χ0) is 32.5. The van der Waals surface area contributed by atoms with E-state index in [1.165, 1.54) is 10.9 Å². The molecule has 0 saturated carbocycles. The molecule has 46 heavy (non-hydrogen) atoms. The number of nitrogens with zero attached hydrogens (tertiary/aromatic N) is 7. The molecule has 3 fully saturated rings. The molecule has 4 aromatic heterocycles. The zero-order valence-corrected chi connectivity index (χ0v) is 24.8. The number of nitrogens with two attached hydrogens (primary N) is 2. The van der Waals surface area contributed by atoms with E-state index in [1.54, 1.807) is 0 Å². The zero-order valence-electron chi connectivity index (χ0n) is 23.0. The Morgan fingerprint density at radius 3 is 2.37 bits per heavy atom. The smallest absolute Gasteiger partial charge is 0.382 e. The highest BCUT2D eigenvalue weighted by Gasteiger charge is 2.53. The van der Waals surface area contributed by atoms with Gasteiger partial charge >= 0.3 is 15.4 Å². The maximum atomic E-state index is 15.9. The third-order valence-electron chi connectivity index (χ3n) is 7.44. The molecule has 0 spiro atoms. The molecule has 0 radical (unpaired) electrons. The van der Waals surface area contributed by atoms with Crippen molar-refractivity contribution in [3.8, 4) is 0 Å². The fourth-order valence-electron chi connectivity index (χ4n) is 5.36. The van der Waals surface area contributed by atoms with Crippen LogP contribution in [0.3, 0.4) is 0 Å². The van der Waals surface area contributed by atoms with E-state index in [4.69, 9.17) is 39.2 Å². The van der Waals surface area contributed by atoms with Crippen molar-refractivity contribution in [1.29, 1.82) is 0 Å². The lowest BCUT2D eigenvalue weighted by Crippen LogP contribution is -2.36. The van der Waals surface area contributed by atoms with E-state index in [0.717, 1.165) is 17.2 Å². The summed E-state index contributed by atoms with van der Waals surface area (Å²) in [6.45, 7) is -1.77. The Balaban J connectivity index is 1.20. The van der Waals surface area contributed by atoms with Gasteiger partial charge in [-0.2, -0.15) is 4.98 Å². The molecule has 4 unspecified atom stereocenters. The Morgan fingerprint density at radius 2 is 1.59 bits per heavy atom. The van der Waals surface area contributed by atoms with Gasteiger partial charge in [0, 0.05) is 0 Å². The number of hydrogen-bond acceptors (Lipinski definition) is 16. The molecule has 21 nitrogen and oxygen atoms in total. The maximum absolute atomic E-state index is 15.9. The lowest BCUT2D eigenvalue weighted by molar-refractivity contribution is -0.0620. The summed E-state index contributed by atoms with van der Waals surface area (Å²) in [7, 11) is -9.92. The summed E-state index contributed by atoms with van der Waals surface area (Å²) < 4.78 is 92.1. The van der Waals surface area contributed by atoms with E-state index in [1.807, 2.05) is 0 Å². The monoisotopic (exact) mass is 692 g/mol. The second-order valence-electron chi connectivity index (χ2n) is 10.4. The van der Waals surface area contributed by atoms with Crippen LogP contribution in [0, 0.1) is 0 Å². The van der Waals surface area contributed by atoms with Crippen LogP contribution in [0.25, 0.3) is 22.3 Å². The molecule has 0 aliphatic carbocycles. The molecule has 0 amide bonds. The van der Waals surface area contributed by atoms with Crippen LogP contribution < -0.4 is 17.0 Å².